The summed E-state index contributed by atoms with van der Waals surface area (Å²) in [5.74, 6) is 1.67. The molecule has 0 saturated heterocycles. The van der Waals surface area contributed by atoms with Gasteiger partial charge in [0.05, 0.1) is 0 Å². The lowest BCUT2D eigenvalue weighted by Crippen LogP contribution is -2.18. The van der Waals surface area contributed by atoms with Crippen LogP contribution in [0.1, 0.15) is 6.92 Å². The van der Waals surface area contributed by atoms with Crippen molar-refractivity contribution in [2.75, 3.05) is 29.9 Å². The summed E-state index contributed by atoms with van der Waals surface area (Å²) in [4.78, 5) is 10.7. The molecular weight excluding hydrogens is 238 g/mol. The number of nitrogens with one attached hydrogen (secondary N) is 1. The van der Waals surface area contributed by atoms with Gasteiger partial charge >= 0.3 is 0 Å². The molecule has 19 heavy (non-hydrogen) atoms. The van der Waals surface area contributed by atoms with Gasteiger partial charge in [0.15, 0.2) is 0 Å². The maximum absolute atomic E-state index is 5.48. The summed E-state index contributed by atoms with van der Waals surface area (Å²) in [6, 6.07) is 12.1. The van der Waals surface area contributed by atoms with Crippen LogP contribution in [0, 0.1) is 0 Å². The minimum Gasteiger partial charge on any atom is -0.369 e. The summed E-state index contributed by atoms with van der Waals surface area (Å²) >= 11 is 0. The van der Waals surface area contributed by atoms with Crippen molar-refractivity contribution in [2.45, 2.75) is 6.92 Å². The van der Waals surface area contributed by atoms with Gasteiger partial charge in [0.2, 0.25) is 0 Å². The largest absolute Gasteiger partial charge is 0.369 e. The van der Waals surface area contributed by atoms with Crippen LogP contribution in [0.2, 0.25) is 0 Å². The highest BCUT2D eigenvalue weighted by Crippen LogP contribution is 2.23. The highest BCUT2D eigenvalue weighted by Gasteiger charge is 2.08. The molecule has 5 nitrogen and oxygen atoms in total. The number of nitrogens with two attached hydrogens (primary N) is 1. The number of hydrogen-bond donors (Lipinski definition) is 2. The molecule has 2 aromatic rings. The Bertz CT molecular complexity index is 500. The number of para-hydroxylation sites is 1. The molecule has 0 radical (unpaired) electrons. The second-order valence-electron chi connectivity index (χ2n) is 4.06. The molecule has 0 aliphatic carbocycles. The van der Waals surface area contributed by atoms with Crippen LogP contribution in [0.15, 0.2) is 42.7 Å². The zero-order chi connectivity index (χ0) is 13.5. The average molecular weight is 257 g/mol. The van der Waals surface area contributed by atoms with E-state index in [-0.39, 0.29) is 0 Å². The Labute approximate surface area is 113 Å². The van der Waals surface area contributed by atoms with Crippen molar-refractivity contribution in [3.8, 4) is 0 Å². The predicted molar refractivity (Wildman–Crippen MR) is 78.7 cm³/mol. The molecule has 3 N–H and O–H groups in total. The Kier molecular flexibility index (Phi) is 4.69. The van der Waals surface area contributed by atoms with E-state index in [0.29, 0.717) is 13.1 Å². The Morgan fingerprint density at radius 2 is 2.00 bits per heavy atom. The molecule has 0 saturated carbocycles. The van der Waals surface area contributed by atoms with Gasteiger partial charge in [0, 0.05) is 31.4 Å². The van der Waals surface area contributed by atoms with Crippen molar-refractivity contribution in [1.29, 1.82) is 0 Å². The fraction of sp³-hybridized carbons (Fsp3) is 0.286. The van der Waals surface area contributed by atoms with Gasteiger partial charge in [-0.2, -0.15) is 0 Å². The molecule has 0 spiro atoms. The summed E-state index contributed by atoms with van der Waals surface area (Å²) in [6.45, 7) is 4.23. The summed E-state index contributed by atoms with van der Waals surface area (Å²) in [7, 11) is 0. The van der Waals surface area contributed by atoms with E-state index in [1.165, 1.54) is 0 Å². The van der Waals surface area contributed by atoms with Crippen molar-refractivity contribution in [3.05, 3.63) is 42.7 Å². The van der Waals surface area contributed by atoms with Gasteiger partial charge in [-0.15, -0.1) is 0 Å². The Morgan fingerprint density at radius 3 is 2.68 bits per heavy atom. The lowest BCUT2D eigenvalue weighted by molar-refractivity contribution is 0.965. The molecule has 0 aliphatic heterocycles. The molecule has 1 heterocycles. The van der Waals surface area contributed by atoms with E-state index in [4.69, 9.17) is 5.73 Å². The number of hydrogen-bond acceptors (Lipinski definition) is 5. The Balaban J connectivity index is 2.23. The number of nitrogens with zero attached hydrogens (tertiary/aromatic N) is 3. The van der Waals surface area contributed by atoms with Crippen LogP contribution in [0.3, 0.4) is 0 Å². The van der Waals surface area contributed by atoms with Crippen LogP contribution >= 0.6 is 0 Å². The Hall–Kier alpha value is -2.14. The van der Waals surface area contributed by atoms with Crippen LogP contribution < -0.4 is 16.0 Å². The third-order valence-corrected chi connectivity index (χ3v) is 2.76. The van der Waals surface area contributed by atoms with Crippen LogP contribution in [-0.4, -0.2) is 29.6 Å². The first-order chi connectivity index (χ1) is 9.35. The third-order valence-electron chi connectivity index (χ3n) is 2.76. The molecule has 0 aliphatic rings. The molecular formula is C14H19N5. The topological polar surface area (TPSA) is 67.1 Å². The third kappa shape index (κ3) is 3.42. The summed E-state index contributed by atoms with van der Waals surface area (Å²) in [5.41, 5.74) is 6.59. The van der Waals surface area contributed by atoms with E-state index < -0.39 is 0 Å². The second-order valence-corrected chi connectivity index (χ2v) is 4.06. The maximum Gasteiger partial charge on any atom is 0.138 e. The maximum atomic E-state index is 5.48. The molecule has 0 amide bonds. The second kappa shape index (κ2) is 6.70. The van der Waals surface area contributed by atoms with Gasteiger partial charge in [0.25, 0.3) is 0 Å². The van der Waals surface area contributed by atoms with Crippen LogP contribution in [0.4, 0.5) is 17.3 Å². The van der Waals surface area contributed by atoms with Crippen molar-refractivity contribution in [1.82, 2.24) is 9.97 Å². The minimum atomic E-state index is 0.579. The lowest BCUT2D eigenvalue weighted by Gasteiger charge is -2.22. The monoisotopic (exact) mass is 257 g/mol. The van der Waals surface area contributed by atoms with Crippen molar-refractivity contribution >= 4 is 17.3 Å². The van der Waals surface area contributed by atoms with Gasteiger partial charge in [-0.05, 0) is 19.1 Å². The first-order valence-corrected chi connectivity index (χ1v) is 6.43. The molecule has 1 aromatic heterocycles. The molecule has 1 aromatic carbocycles. The number of anilines is 3. The molecule has 0 bridgehead atoms. The van der Waals surface area contributed by atoms with Crippen molar-refractivity contribution in [2.24, 2.45) is 5.73 Å². The summed E-state index contributed by atoms with van der Waals surface area (Å²) < 4.78 is 0. The van der Waals surface area contributed by atoms with E-state index in [2.05, 4.69) is 39.2 Å². The quantitative estimate of drug-likeness (QED) is 0.828. The average Bonchev–Trinajstić information content (AvgIpc) is 2.47. The highest BCUT2D eigenvalue weighted by molar-refractivity contribution is 5.61. The fourth-order valence-corrected chi connectivity index (χ4v) is 1.88. The zero-order valence-electron chi connectivity index (χ0n) is 11.1. The standard InChI is InChI=1S/C14H19N5/c1-2-19(12-6-4-3-5-7-12)14-10-13(16-9-8-15)17-11-18-14/h3-7,10-11H,2,8-9,15H2,1H3,(H,16,17,18). The zero-order valence-corrected chi connectivity index (χ0v) is 11.1. The predicted octanol–water partition coefficient (Wildman–Crippen LogP) is 2.01. The van der Waals surface area contributed by atoms with E-state index >= 15 is 0 Å². The fourth-order valence-electron chi connectivity index (χ4n) is 1.88. The Morgan fingerprint density at radius 1 is 1.21 bits per heavy atom. The molecule has 0 fully saturated rings. The van der Waals surface area contributed by atoms with Gasteiger partial charge in [-0.3, -0.25) is 0 Å². The number of aromatic nitrogens is 2. The molecule has 0 atom stereocenters. The van der Waals surface area contributed by atoms with Gasteiger partial charge in [-0.25, -0.2) is 9.97 Å². The van der Waals surface area contributed by atoms with Gasteiger partial charge < -0.3 is 16.0 Å². The SMILES string of the molecule is CCN(c1ccccc1)c1cc(NCCN)ncn1. The van der Waals surface area contributed by atoms with E-state index in [1.807, 2.05) is 24.3 Å². The smallest absolute Gasteiger partial charge is 0.138 e. The van der Waals surface area contributed by atoms with E-state index in [1.54, 1.807) is 6.33 Å². The summed E-state index contributed by atoms with van der Waals surface area (Å²) in [5, 5.41) is 3.16. The molecule has 100 valence electrons. The van der Waals surface area contributed by atoms with E-state index in [9.17, 15) is 0 Å². The van der Waals surface area contributed by atoms with Crippen LogP contribution in [0.25, 0.3) is 0 Å². The van der Waals surface area contributed by atoms with Crippen LogP contribution in [-0.2, 0) is 0 Å². The summed E-state index contributed by atoms with van der Waals surface area (Å²) in [6.07, 6.45) is 1.57. The molecule has 5 heteroatoms. The van der Waals surface area contributed by atoms with Gasteiger partial charge in [0.1, 0.15) is 18.0 Å². The minimum absolute atomic E-state index is 0.579. The van der Waals surface area contributed by atoms with Crippen molar-refractivity contribution < 1.29 is 0 Å². The van der Waals surface area contributed by atoms with Crippen LogP contribution in [0.5, 0.6) is 0 Å². The first-order valence-electron chi connectivity index (χ1n) is 6.43. The number of benzene rings is 1. The molecule has 2 rings (SSSR count). The van der Waals surface area contributed by atoms with E-state index in [0.717, 1.165) is 23.9 Å². The lowest BCUT2D eigenvalue weighted by atomic mass is 10.3. The van der Waals surface area contributed by atoms with Gasteiger partial charge in [-0.1, -0.05) is 18.2 Å². The molecule has 0 unspecified atom stereocenters. The normalized spacial score (nSPS) is 10.2. The number of rotatable bonds is 6. The van der Waals surface area contributed by atoms with Crippen molar-refractivity contribution in [3.63, 3.8) is 0 Å². The highest BCUT2D eigenvalue weighted by atomic mass is 15.2. The first kappa shape index (κ1) is 13.3.